The van der Waals surface area contributed by atoms with E-state index in [2.05, 4.69) is 6.92 Å². The topological polar surface area (TPSA) is 69.1 Å². The second-order valence-corrected chi connectivity index (χ2v) is 6.63. The van der Waals surface area contributed by atoms with Crippen LogP contribution < -0.4 is 11.0 Å². The van der Waals surface area contributed by atoms with Crippen molar-refractivity contribution in [1.82, 2.24) is 0 Å². The van der Waals surface area contributed by atoms with E-state index < -0.39 is 6.65 Å². The maximum absolute atomic E-state index is 10.7. The van der Waals surface area contributed by atoms with Crippen molar-refractivity contribution in [1.29, 1.82) is 0 Å². The molecule has 0 aliphatic carbocycles. The maximum atomic E-state index is 10.7. The molecule has 10 heavy (non-hydrogen) atoms. The molecule has 0 aliphatic rings. The Balaban J connectivity index is 3.13. The molecule has 0 atom stereocenters. The first-order valence-corrected chi connectivity index (χ1v) is 6.81. The first-order valence-electron chi connectivity index (χ1n) is 3.38. The van der Waals surface area contributed by atoms with Gasteiger partial charge in [-0.2, -0.15) is 0 Å². The Morgan fingerprint density at radius 2 is 2.00 bits per heavy atom. The minimum Gasteiger partial charge on any atom is -0.277 e. The lowest BCUT2D eigenvalue weighted by Crippen LogP contribution is -2.00. The monoisotopic (exact) mass is 182 g/mol. The average molecular weight is 182 g/mol. The predicted molar refractivity (Wildman–Crippen MR) is 48.0 cm³/mol. The molecule has 0 saturated carbocycles. The molecule has 0 spiro atoms. The van der Waals surface area contributed by atoms with Gasteiger partial charge in [0.25, 0.3) is 6.65 Å². The van der Waals surface area contributed by atoms with E-state index in [1.165, 1.54) is 17.8 Å². The maximum Gasteiger partial charge on any atom is 0.261 e. The molecule has 4 N–H and O–H groups in total. The van der Waals surface area contributed by atoms with E-state index in [-0.39, 0.29) is 0 Å². The van der Waals surface area contributed by atoms with Gasteiger partial charge in [0, 0.05) is 5.75 Å². The van der Waals surface area contributed by atoms with Gasteiger partial charge in [-0.1, -0.05) is 31.1 Å². The summed E-state index contributed by atoms with van der Waals surface area (Å²) in [7, 11) is 0. The lowest BCUT2D eigenvalue weighted by molar-refractivity contribution is 0.586. The fraction of sp³-hybridized carbons (Fsp3) is 1.00. The van der Waals surface area contributed by atoms with Gasteiger partial charge in [0.15, 0.2) is 0 Å². The van der Waals surface area contributed by atoms with Crippen LogP contribution in [-0.2, 0) is 4.57 Å². The summed E-state index contributed by atoms with van der Waals surface area (Å²) >= 11 is 1.18. The summed E-state index contributed by atoms with van der Waals surface area (Å²) in [5.41, 5.74) is 10.2. The molecule has 0 radical (unpaired) electrons. The summed E-state index contributed by atoms with van der Waals surface area (Å²) in [6.45, 7) is -0.669. The van der Waals surface area contributed by atoms with E-state index in [0.29, 0.717) is 0 Å². The Bertz CT molecular complexity index is 125. The van der Waals surface area contributed by atoms with E-state index in [9.17, 15) is 4.57 Å². The van der Waals surface area contributed by atoms with Crippen molar-refractivity contribution in [2.45, 2.75) is 26.2 Å². The molecule has 0 aliphatic heterocycles. The Hall–Kier alpha value is 0.500. The second-order valence-electron chi connectivity index (χ2n) is 2.19. The predicted octanol–water partition coefficient (Wildman–Crippen LogP) is 1.94. The molecular formula is C5H15N2OPS. The number of nitrogens with two attached hydrogens (primary N) is 2. The molecular weight excluding hydrogens is 167 g/mol. The van der Waals surface area contributed by atoms with Crippen LogP contribution in [0.15, 0.2) is 0 Å². The minimum atomic E-state index is -2.79. The van der Waals surface area contributed by atoms with Gasteiger partial charge in [0.2, 0.25) is 0 Å². The quantitative estimate of drug-likeness (QED) is 0.503. The van der Waals surface area contributed by atoms with Crippen LogP contribution in [0.2, 0.25) is 0 Å². The molecule has 0 saturated heterocycles. The fourth-order valence-electron chi connectivity index (χ4n) is 0.559. The van der Waals surface area contributed by atoms with E-state index in [1.807, 2.05) is 0 Å². The van der Waals surface area contributed by atoms with Gasteiger partial charge in [0.05, 0.1) is 0 Å². The molecule has 62 valence electrons. The van der Waals surface area contributed by atoms with Gasteiger partial charge in [0.1, 0.15) is 0 Å². The van der Waals surface area contributed by atoms with E-state index in [1.54, 1.807) is 0 Å². The zero-order valence-electron chi connectivity index (χ0n) is 6.25. The molecule has 0 aromatic heterocycles. The highest BCUT2D eigenvalue weighted by Gasteiger charge is 2.06. The van der Waals surface area contributed by atoms with Crippen LogP contribution in [0.3, 0.4) is 0 Å². The van der Waals surface area contributed by atoms with Gasteiger partial charge in [-0.15, -0.1) is 0 Å². The van der Waals surface area contributed by atoms with E-state index >= 15 is 0 Å². The largest absolute Gasteiger partial charge is 0.277 e. The SMILES string of the molecule is CCCCCSP(N)(N)=O. The van der Waals surface area contributed by atoms with Crippen LogP contribution in [0.1, 0.15) is 26.2 Å². The third-order valence-electron chi connectivity index (χ3n) is 1.04. The highest BCUT2D eigenvalue weighted by Crippen LogP contribution is 2.42. The van der Waals surface area contributed by atoms with Gasteiger partial charge in [-0.05, 0) is 6.42 Å². The normalized spacial score (nSPS) is 11.9. The van der Waals surface area contributed by atoms with Crippen LogP contribution >= 0.6 is 18.0 Å². The zero-order chi connectivity index (χ0) is 8.04. The van der Waals surface area contributed by atoms with Crippen LogP contribution in [-0.4, -0.2) is 5.75 Å². The molecule has 0 rings (SSSR count). The van der Waals surface area contributed by atoms with Crippen molar-refractivity contribution in [2.75, 3.05) is 5.75 Å². The Labute approximate surface area is 66.2 Å². The second kappa shape index (κ2) is 5.19. The van der Waals surface area contributed by atoms with Gasteiger partial charge in [-0.3, -0.25) is 15.6 Å². The smallest absolute Gasteiger partial charge is 0.261 e. The molecule has 5 heteroatoms. The van der Waals surface area contributed by atoms with Crippen molar-refractivity contribution in [2.24, 2.45) is 11.0 Å². The highest BCUT2D eigenvalue weighted by molar-refractivity contribution is 8.56. The summed E-state index contributed by atoms with van der Waals surface area (Å²) in [5, 5.41) is 0. The van der Waals surface area contributed by atoms with Crippen molar-refractivity contribution in [3.63, 3.8) is 0 Å². The molecule has 0 aromatic carbocycles. The highest BCUT2D eigenvalue weighted by atomic mass is 32.7. The molecule has 0 fully saturated rings. The Kier molecular flexibility index (Phi) is 5.45. The lowest BCUT2D eigenvalue weighted by atomic mass is 10.3. The molecule has 0 heterocycles. The van der Waals surface area contributed by atoms with Crippen LogP contribution in [0.25, 0.3) is 0 Å². The number of rotatable bonds is 5. The average Bonchev–Trinajstić information content (AvgIpc) is 1.78. The van der Waals surface area contributed by atoms with Gasteiger partial charge < -0.3 is 0 Å². The van der Waals surface area contributed by atoms with Crippen LogP contribution in [0.4, 0.5) is 0 Å². The van der Waals surface area contributed by atoms with Crippen molar-refractivity contribution >= 4 is 18.0 Å². The summed E-state index contributed by atoms with van der Waals surface area (Å²) in [4.78, 5) is 0. The van der Waals surface area contributed by atoms with Crippen LogP contribution in [0, 0.1) is 0 Å². The minimum absolute atomic E-state index is 0.818. The zero-order valence-corrected chi connectivity index (χ0v) is 7.96. The van der Waals surface area contributed by atoms with Gasteiger partial charge in [-0.25, -0.2) is 0 Å². The molecule has 0 amide bonds. The van der Waals surface area contributed by atoms with E-state index in [4.69, 9.17) is 11.0 Å². The first kappa shape index (κ1) is 10.5. The standard InChI is InChI=1S/C5H15N2OPS/c1-2-3-4-5-10-9(6,7)8/h2-5H2,1H3,(H4,6,7,8). The van der Waals surface area contributed by atoms with Gasteiger partial charge >= 0.3 is 0 Å². The molecule has 0 unspecified atom stereocenters. The van der Waals surface area contributed by atoms with Crippen molar-refractivity contribution in [3.8, 4) is 0 Å². The molecule has 0 aromatic rings. The van der Waals surface area contributed by atoms with E-state index in [0.717, 1.165) is 18.6 Å². The third-order valence-corrected chi connectivity index (χ3v) is 3.67. The molecule has 3 nitrogen and oxygen atoms in total. The lowest BCUT2D eigenvalue weighted by Gasteiger charge is -2.03. The Morgan fingerprint density at radius 1 is 1.40 bits per heavy atom. The number of hydrogen-bond donors (Lipinski definition) is 2. The third kappa shape index (κ3) is 8.50. The summed E-state index contributed by atoms with van der Waals surface area (Å²) in [6, 6.07) is 0. The van der Waals surface area contributed by atoms with Crippen molar-refractivity contribution < 1.29 is 4.57 Å². The number of unbranched alkanes of at least 4 members (excludes halogenated alkanes) is 2. The number of hydrogen-bond acceptors (Lipinski definition) is 2. The van der Waals surface area contributed by atoms with Crippen molar-refractivity contribution in [3.05, 3.63) is 0 Å². The Morgan fingerprint density at radius 3 is 2.40 bits per heavy atom. The summed E-state index contributed by atoms with van der Waals surface area (Å²) in [5.74, 6) is 0.818. The first-order chi connectivity index (χ1) is 4.56. The fourth-order valence-corrected chi connectivity index (χ4v) is 2.42. The summed E-state index contributed by atoms with van der Waals surface area (Å²) in [6.07, 6.45) is 3.38. The molecule has 0 bridgehead atoms. The van der Waals surface area contributed by atoms with Crippen LogP contribution in [0.5, 0.6) is 0 Å². The summed E-state index contributed by atoms with van der Waals surface area (Å²) < 4.78 is 10.7.